The number of carbonyl (C=O) groups excluding carboxylic acids is 2. The molecule has 1 unspecified atom stereocenters. The molecule has 0 spiro atoms. The highest BCUT2D eigenvalue weighted by Gasteiger charge is 2.61. The van der Waals surface area contributed by atoms with Gasteiger partial charge in [0.15, 0.2) is 5.78 Å². The highest BCUT2D eigenvalue weighted by molar-refractivity contribution is 5.94. The van der Waals surface area contributed by atoms with Crippen molar-refractivity contribution >= 4 is 11.8 Å². The molecule has 0 aromatic rings. The van der Waals surface area contributed by atoms with E-state index in [0.29, 0.717) is 29.5 Å². The van der Waals surface area contributed by atoms with Crippen LogP contribution in [0.4, 0.5) is 0 Å². The number of ketones is 1. The molecule has 0 radical (unpaired) electrons. The van der Waals surface area contributed by atoms with Gasteiger partial charge in [-0.05, 0) is 99.4 Å². The number of aliphatic hydroxyl groups is 1. The molecule has 4 nitrogen and oxygen atoms in total. The minimum Gasteiger partial charge on any atom is -0.462 e. The van der Waals surface area contributed by atoms with Gasteiger partial charge in [0.25, 0.3) is 0 Å². The van der Waals surface area contributed by atoms with Crippen molar-refractivity contribution in [1.82, 2.24) is 0 Å². The van der Waals surface area contributed by atoms with Crippen molar-refractivity contribution < 1.29 is 19.4 Å². The third-order valence-electron chi connectivity index (χ3n) is 10.4. The van der Waals surface area contributed by atoms with Crippen molar-refractivity contribution in [3.05, 3.63) is 11.6 Å². The fourth-order valence-electron chi connectivity index (χ4n) is 8.74. The highest BCUT2D eigenvalue weighted by Crippen LogP contribution is 2.66. The number of hydrogen-bond acceptors (Lipinski definition) is 4. The maximum atomic E-state index is 13.6. The Kier molecular flexibility index (Phi) is 6.66. The Bertz CT molecular complexity index is 807. The smallest absolute Gasteiger partial charge is 0.302 e. The first-order valence-corrected chi connectivity index (χ1v) is 13.5. The van der Waals surface area contributed by atoms with Crippen LogP contribution < -0.4 is 0 Å². The number of rotatable bonds is 6. The van der Waals surface area contributed by atoms with Gasteiger partial charge in [0.2, 0.25) is 0 Å². The van der Waals surface area contributed by atoms with E-state index in [4.69, 9.17) is 4.74 Å². The predicted molar refractivity (Wildman–Crippen MR) is 130 cm³/mol. The minimum absolute atomic E-state index is 0.0689. The monoisotopic (exact) mass is 458 g/mol. The number of ether oxygens (including phenoxy) is 1. The van der Waals surface area contributed by atoms with Gasteiger partial charge in [0.1, 0.15) is 6.10 Å². The maximum Gasteiger partial charge on any atom is 0.302 e. The van der Waals surface area contributed by atoms with Crippen LogP contribution in [0.15, 0.2) is 11.6 Å². The summed E-state index contributed by atoms with van der Waals surface area (Å²) in [4.78, 5) is 25.1. The Morgan fingerprint density at radius 1 is 1.18 bits per heavy atom. The molecule has 3 saturated carbocycles. The lowest BCUT2D eigenvalue weighted by molar-refractivity contribution is -0.149. The molecule has 4 aliphatic carbocycles. The zero-order chi connectivity index (χ0) is 24.2. The van der Waals surface area contributed by atoms with Crippen molar-refractivity contribution in [2.75, 3.05) is 0 Å². The second kappa shape index (κ2) is 8.81. The van der Waals surface area contributed by atoms with Crippen LogP contribution in [0.25, 0.3) is 0 Å². The van der Waals surface area contributed by atoms with Crippen LogP contribution in [0.3, 0.4) is 0 Å². The summed E-state index contributed by atoms with van der Waals surface area (Å²) in [7, 11) is 0. The molecule has 8 atom stereocenters. The minimum atomic E-state index is -0.581. The zero-order valence-corrected chi connectivity index (χ0v) is 21.8. The SMILES string of the molecule is CC(=O)O[C@H]1CC[C@@]2(C)C(=CC(=O)[C@@H]3[C@@H]2CC[C@]2(C)C([C@H](C)CCCC(C)(C)O)CC[C@@H]32)C1. The van der Waals surface area contributed by atoms with Crippen molar-refractivity contribution in [2.45, 2.75) is 117 Å². The van der Waals surface area contributed by atoms with E-state index >= 15 is 0 Å². The van der Waals surface area contributed by atoms with Crippen LogP contribution in [0, 0.1) is 40.4 Å². The molecule has 0 saturated heterocycles. The molecule has 4 heteroatoms. The zero-order valence-electron chi connectivity index (χ0n) is 21.8. The van der Waals surface area contributed by atoms with E-state index in [9.17, 15) is 14.7 Å². The predicted octanol–water partition coefficient (Wildman–Crippen LogP) is 6.25. The standard InChI is InChI=1S/C29H46O4/c1-18(8-7-13-27(3,4)32)22-9-10-23-26-24(12-15-29(22,23)6)28(5)14-11-21(33-19(2)30)16-20(28)17-25(26)31/h17-18,21-24,26,32H,7-16H2,1-6H3/t18-,21+,22?,23+,24+,26+,28+,29-/m1/s1. The number of fused-ring (bicyclic) bond motifs is 5. The Labute approximate surface area is 200 Å². The van der Waals surface area contributed by atoms with E-state index in [2.05, 4.69) is 20.8 Å². The number of allylic oxidation sites excluding steroid dienone is 1. The molecule has 4 aliphatic rings. The summed E-state index contributed by atoms with van der Waals surface area (Å²) in [5.74, 6) is 2.54. The summed E-state index contributed by atoms with van der Waals surface area (Å²) >= 11 is 0. The Morgan fingerprint density at radius 2 is 1.91 bits per heavy atom. The van der Waals surface area contributed by atoms with E-state index in [-0.39, 0.29) is 28.8 Å². The molecule has 0 aliphatic heterocycles. The molecule has 0 amide bonds. The van der Waals surface area contributed by atoms with Crippen molar-refractivity contribution in [3.8, 4) is 0 Å². The molecule has 3 fully saturated rings. The second-order valence-corrected chi connectivity index (χ2v) is 13.1. The van der Waals surface area contributed by atoms with Gasteiger partial charge < -0.3 is 9.84 Å². The summed E-state index contributed by atoms with van der Waals surface area (Å²) in [5, 5.41) is 10.1. The molecule has 33 heavy (non-hydrogen) atoms. The summed E-state index contributed by atoms with van der Waals surface area (Å²) < 4.78 is 5.53. The van der Waals surface area contributed by atoms with Gasteiger partial charge in [-0.1, -0.05) is 39.2 Å². The van der Waals surface area contributed by atoms with Gasteiger partial charge in [-0.25, -0.2) is 0 Å². The van der Waals surface area contributed by atoms with Gasteiger partial charge in [-0.15, -0.1) is 0 Å². The van der Waals surface area contributed by atoms with Gasteiger partial charge >= 0.3 is 5.97 Å². The van der Waals surface area contributed by atoms with E-state index in [0.717, 1.165) is 44.9 Å². The van der Waals surface area contributed by atoms with Crippen molar-refractivity contribution in [1.29, 1.82) is 0 Å². The molecule has 4 rings (SSSR count). The highest BCUT2D eigenvalue weighted by atomic mass is 16.5. The first-order chi connectivity index (χ1) is 15.3. The molecule has 0 heterocycles. The van der Waals surface area contributed by atoms with Crippen molar-refractivity contribution in [3.63, 3.8) is 0 Å². The number of carbonyl (C=O) groups is 2. The van der Waals surface area contributed by atoms with Gasteiger partial charge in [-0.2, -0.15) is 0 Å². The third kappa shape index (κ3) is 4.58. The number of hydrogen-bond donors (Lipinski definition) is 1. The summed E-state index contributed by atoms with van der Waals surface area (Å²) in [6.07, 6.45) is 12.4. The molecular weight excluding hydrogens is 412 g/mol. The molecule has 0 aromatic carbocycles. The lowest BCUT2D eigenvalue weighted by atomic mass is 9.46. The summed E-state index contributed by atoms with van der Waals surface area (Å²) in [6.45, 7) is 12.6. The Hall–Kier alpha value is -1.16. The van der Waals surface area contributed by atoms with Gasteiger partial charge in [0.05, 0.1) is 5.60 Å². The fraction of sp³-hybridized carbons (Fsp3) is 0.862. The van der Waals surface area contributed by atoms with E-state index < -0.39 is 5.60 Å². The summed E-state index contributed by atoms with van der Waals surface area (Å²) in [5.41, 5.74) is 0.987. The van der Waals surface area contributed by atoms with Crippen LogP contribution in [0.5, 0.6) is 0 Å². The van der Waals surface area contributed by atoms with Gasteiger partial charge in [-0.3, -0.25) is 9.59 Å². The fourth-order valence-corrected chi connectivity index (χ4v) is 8.74. The summed E-state index contributed by atoms with van der Waals surface area (Å²) in [6, 6.07) is 0. The Morgan fingerprint density at radius 3 is 2.58 bits per heavy atom. The lowest BCUT2D eigenvalue weighted by Crippen LogP contribution is -2.53. The average Bonchev–Trinajstić information content (AvgIpc) is 3.05. The van der Waals surface area contributed by atoms with E-state index in [1.807, 2.05) is 19.9 Å². The van der Waals surface area contributed by atoms with Crippen molar-refractivity contribution in [2.24, 2.45) is 40.4 Å². The first-order valence-electron chi connectivity index (χ1n) is 13.5. The molecule has 186 valence electrons. The molecule has 0 aromatic heterocycles. The molecule has 0 bridgehead atoms. The topological polar surface area (TPSA) is 63.6 Å². The third-order valence-corrected chi connectivity index (χ3v) is 10.4. The van der Waals surface area contributed by atoms with E-state index in [1.165, 1.54) is 31.8 Å². The maximum absolute atomic E-state index is 13.6. The molecular formula is C29H46O4. The van der Waals surface area contributed by atoms with E-state index in [1.54, 1.807) is 0 Å². The first kappa shape index (κ1) is 24.9. The van der Waals surface area contributed by atoms with Crippen LogP contribution in [0.1, 0.15) is 106 Å². The average molecular weight is 459 g/mol. The van der Waals surface area contributed by atoms with Crippen LogP contribution >= 0.6 is 0 Å². The molecule has 1 N–H and O–H groups in total. The van der Waals surface area contributed by atoms with Gasteiger partial charge in [0, 0.05) is 19.3 Å². The second-order valence-electron chi connectivity index (χ2n) is 13.1. The van der Waals surface area contributed by atoms with Crippen LogP contribution in [-0.2, 0) is 14.3 Å². The van der Waals surface area contributed by atoms with Crippen LogP contribution in [0.2, 0.25) is 0 Å². The largest absolute Gasteiger partial charge is 0.462 e. The Balaban J connectivity index is 1.51. The lowest BCUT2D eigenvalue weighted by Gasteiger charge is -2.57. The number of esters is 1. The normalized spacial score (nSPS) is 41.5. The quantitative estimate of drug-likeness (QED) is 0.478. The van der Waals surface area contributed by atoms with Crippen LogP contribution in [-0.4, -0.2) is 28.6 Å².